The van der Waals surface area contributed by atoms with Gasteiger partial charge in [0.25, 0.3) is 0 Å². The van der Waals surface area contributed by atoms with Crippen LogP contribution < -0.4 is 5.84 Å². The maximum atomic E-state index is 12.1. The Bertz CT molecular complexity index is 422. The number of hydrogen-bond acceptors (Lipinski definition) is 6. The SMILES string of the molecule is CC(C)(C)OC(=O)C(CCC(=O)O)N(N)C(=O)OC(C)(C)C. The summed E-state index contributed by atoms with van der Waals surface area (Å²) in [5, 5.41) is 9.34. The van der Waals surface area contributed by atoms with Crippen molar-refractivity contribution in [3.63, 3.8) is 0 Å². The van der Waals surface area contributed by atoms with Gasteiger partial charge in [-0.25, -0.2) is 20.4 Å². The Labute approximate surface area is 130 Å². The molecule has 8 nitrogen and oxygen atoms in total. The van der Waals surface area contributed by atoms with E-state index in [0.29, 0.717) is 5.01 Å². The molecule has 0 aromatic rings. The number of nitrogens with two attached hydrogens (primary N) is 1. The molecule has 3 N–H and O–H groups in total. The summed E-state index contributed by atoms with van der Waals surface area (Å²) in [5.41, 5.74) is -1.58. The second-order valence-electron chi connectivity index (χ2n) is 6.87. The first-order valence-electron chi connectivity index (χ1n) is 6.94. The van der Waals surface area contributed by atoms with Crippen molar-refractivity contribution >= 4 is 18.0 Å². The summed E-state index contributed by atoms with van der Waals surface area (Å²) in [4.78, 5) is 34.8. The highest BCUT2D eigenvalue weighted by Gasteiger charge is 2.34. The lowest BCUT2D eigenvalue weighted by molar-refractivity contribution is -0.161. The zero-order chi connectivity index (χ0) is 17.7. The van der Waals surface area contributed by atoms with E-state index >= 15 is 0 Å². The molecule has 0 saturated carbocycles. The number of hydrazine groups is 1. The molecule has 0 aromatic carbocycles. The number of rotatable bonds is 5. The van der Waals surface area contributed by atoms with Gasteiger partial charge in [-0.3, -0.25) is 4.79 Å². The first kappa shape index (κ1) is 20.2. The quantitative estimate of drug-likeness (QED) is 0.342. The van der Waals surface area contributed by atoms with Crippen LogP contribution in [0.2, 0.25) is 0 Å². The fraction of sp³-hybridized carbons (Fsp3) is 0.786. The van der Waals surface area contributed by atoms with E-state index in [1.165, 1.54) is 0 Å². The molecular formula is C14H26N2O6. The summed E-state index contributed by atoms with van der Waals surface area (Å²) < 4.78 is 10.2. The van der Waals surface area contributed by atoms with Crippen LogP contribution in [0.4, 0.5) is 4.79 Å². The first-order valence-corrected chi connectivity index (χ1v) is 6.94. The van der Waals surface area contributed by atoms with E-state index in [9.17, 15) is 14.4 Å². The Balaban J connectivity index is 5.09. The Morgan fingerprint density at radius 2 is 1.50 bits per heavy atom. The van der Waals surface area contributed by atoms with Crippen LogP contribution in [0.5, 0.6) is 0 Å². The molecule has 1 atom stereocenters. The van der Waals surface area contributed by atoms with Gasteiger partial charge < -0.3 is 14.6 Å². The van der Waals surface area contributed by atoms with Gasteiger partial charge in [-0.1, -0.05) is 0 Å². The summed E-state index contributed by atoms with van der Waals surface area (Å²) in [6.45, 7) is 9.93. The zero-order valence-corrected chi connectivity index (χ0v) is 14.0. The van der Waals surface area contributed by atoms with Crippen molar-refractivity contribution < 1.29 is 29.0 Å². The molecule has 128 valence electrons. The molecule has 1 unspecified atom stereocenters. The van der Waals surface area contributed by atoms with Gasteiger partial charge in [-0.15, -0.1) is 0 Å². The van der Waals surface area contributed by atoms with Gasteiger partial charge in [0.05, 0.1) is 0 Å². The minimum Gasteiger partial charge on any atom is -0.481 e. The summed E-state index contributed by atoms with van der Waals surface area (Å²) in [5.74, 6) is 3.76. The van der Waals surface area contributed by atoms with Gasteiger partial charge in [0.2, 0.25) is 0 Å². The van der Waals surface area contributed by atoms with Crippen LogP contribution in [0.15, 0.2) is 0 Å². The van der Waals surface area contributed by atoms with Crippen molar-refractivity contribution in [2.45, 2.75) is 71.6 Å². The fourth-order valence-electron chi connectivity index (χ4n) is 1.44. The lowest BCUT2D eigenvalue weighted by Crippen LogP contribution is -2.53. The predicted molar refractivity (Wildman–Crippen MR) is 78.8 cm³/mol. The van der Waals surface area contributed by atoms with Crippen molar-refractivity contribution in [2.75, 3.05) is 0 Å². The Morgan fingerprint density at radius 3 is 1.86 bits per heavy atom. The number of amides is 1. The highest BCUT2D eigenvalue weighted by Crippen LogP contribution is 2.16. The molecule has 1 amide bonds. The maximum absolute atomic E-state index is 12.1. The second-order valence-corrected chi connectivity index (χ2v) is 6.87. The van der Waals surface area contributed by atoms with Gasteiger partial charge >= 0.3 is 18.0 Å². The first-order chi connectivity index (χ1) is 9.73. The average Bonchev–Trinajstić information content (AvgIpc) is 2.23. The van der Waals surface area contributed by atoms with Gasteiger partial charge in [-0.05, 0) is 48.0 Å². The van der Waals surface area contributed by atoms with Crippen LogP contribution in [-0.2, 0) is 19.1 Å². The third kappa shape index (κ3) is 8.46. The molecular weight excluding hydrogens is 292 g/mol. The van der Waals surface area contributed by atoms with Crippen molar-refractivity contribution in [3.8, 4) is 0 Å². The van der Waals surface area contributed by atoms with Gasteiger partial charge in [0, 0.05) is 6.42 Å². The van der Waals surface area contributed by atoms with Gasteiger partial charge in [0.1, 0.15) is 17.2 Å². The molecule has 0 spiro atoms. The summed E-state index contributed by atoms with van der Waals surface area (Å²) in [7, 11) is 0. The fourth-order valence-corrected chi connectivity index (χ4v) is 1.44. The van der Waals surface area contributed by atoms with E-state index in [1.807, 2.05) is 0 Å². The van der Waals surface area contributed by atoms with E-state index in [4.69, 9.17) is 20.4 Å². The van der Waals surface area contributed by atoms with Crippen molar-refractivity contribution in [3.05, 3.63) is 0 Å². The van der Waals surface area contributed by atoms with Crippen molar-refractivity contribution in [2.24, 2.45) is 5.84 Å². The topological polar surface area (TPSA) is 119 Å². The van der Waals surface area contributed by atoms with Crippen LogP contribution in [0.1, 0.15) is 54.4 Å². The van der Waals surface area contributed by atoms with Crippen LogP contribution >= 0.6 is 0 Å². The third-order valence-corrected chi connectivity index (χ3v) is 2.25. The molecule has 22 heavy (non-hydrogen) atoms. The largest absolute Gasteiger partial charge is 0.481 e. The predicted octanol–water partition coefficient (Wildman–Crippen LogP) is 1.67. The standard InChI is InChI=1S/C14H26N2O6/c1-13(2,3)21-11(19)9(7-8-10(17)18)16(15)12(20)22-14(4,5)6/h9H,7-8,15H2,1-6H3,(H,17,18). The number of carboxylic acid groups (broad SMARTS) is 1. The number of carboxylic acids is 1. The van der Waals surface area contributed by atoms with E-state index in [0.717, 1.165) is 0 Å². The zero-order valence-electron chi connectivity index (χ0n) is 14.0. The van der Waals surface area contributed by atoms with Crippen LogP contribution in [0.25, 0.3) is 0 Å². The number of aliphatic carboxylic acids is 1. The van der Waals surface area contributed by atoms with Crippen LogP contribution in [0.3, 0.4) is 0 Å². The maximum Gasteiger partial charge on any atom is 0.425 e. The molecule has 0 aliphatic carbocycles. The van der Waals surface area contributed by atoms with E-state index < -0.39 is 35.3 Å². The highest BCUT2D eigenvalue weighted by molar-refractivity contribution is 5.82. The van der Waals surface area contributed by atoms with Crippen molar-refractivity contribution in [1.82, 2.24) is 5.01 Å². The van der Waals surface area contributed by atoms with Gasteiger partial charge in [0.15, 0.2) is 0 Å². The monoisotopic (exact) mass is 318 g/mol. The molecule has 0 radical (unpaired) electrons. The number of ether oxygens (including phenoxy) is 2. The molecule has 0 aromatic heterocycles. The van der Waals surface area contributed by atoms with Crippen LogP contribution in [-0.4, -0.2) is 45.4 Å². The average molecular weight is 318 g/mol. The Morgan fingerprint density at radius 1 is 1.05 bits per heavy atom. The summed E-state index contributed by atoms with van der Waals surface area (Å²) in [6, 6.07) is -1.23. The molecule has 0 heterocycles. The van der Waals surface area contributed by atoms with Crippen LogP contribution in [0, 0.1) is 0 Å². The molecule has 0 saturated heterocycles. The molecule has 0 aliphatic rings. The summed E-state index contributed by atoms with van der Waals surface area (Å²) in [6.07, 6.45) is -1.42. The molecule has 0 bridgehead atoms. The number of nitrogens with zero attached hydrogens (tertiary/aromatic N) is 1. The minimum absolute atomic E-state index is 0.167. The normalized spacial score (nSPS) is 13.2. The molecule has 0 fully saturated rings. The van der Waals surface area contributed by atoms with E-state index in [-0.39, 0.29) is 12.8 Å². The number of hydrogen-bond donors (Lipinski definition) is 2. The lowest BCUT2D eigenvalue weighted by Gasteiger charge is -2.30. The second kappa shape index (κ2) is 7.44. The molecule has 0 rings (SSSR count). The van der Waals surface area contributed by atoms with Crippen molar-refractivity contribution in [1.29, 1.82) is 0 Å². The Kier molecular flexibility index (Phi) is 6.82. The number of esters is 1. The number of carbonyl (C=O) groups excluding carboxylic acids is 2. The van der Waals surface area contributed by atoms with E-state index in [1.54, 1.807) is 41.5 Å². The third-order valence-electron chi connectivity index (χ3n) is 2.25. The summed E-state index contributed by atoms with van der Waals surface area (Å²) >= 11 is 0. The minimum atomic E-state index is -1.23. The smallest absolute Gasteiger partial charge is 0.425 e. The van der Waals surface area contributed by atoms with Gasteiger partial charge in [-0.2, -0.15) is 0 Å². The lowest BCUT2D eigenvalue weighted by atomic mass is 10.1. The highest BCUT2D eigenvalue weighted by atomic mass is 16.6. The Hall–Kier alpha value is -1.83. The van der Waals surface area contributed by atoms with E-state index in [2.05, 4.69) is 0 Å². The molecule has 8 heteroatoms. The number of carbonyl (C=O) groups is 3. The molecule has 0 aliphatic heterocycles.